The van der Waals surface area contributed by atoms with Gasteiger partial charge in [0.05, 0.1) is 12.0 Å². The van der Waals surface area contributed by atoms with E-state index in [1.165, 1.54) is 0 Å². The van der Waals surface area contributed by atoms with Crippen molar-refractivity contribution >= 4 is 5.97 Å². The molecule has 12 heavy (non-hydrogen) atoms. The van der Waals surface area contributed by atoms with E-state index >= 15 is 0 Å². The van der Waals surface area contributed by atoms with E-state index in [4.69, 9.17) is 4.74 Å². The van der Waals surface area contributed by atoms with Gasteiger partial charge in [-0.25, -0.2) is 0 Å². The monoisotopic (exact) mass is 170 g/mol. The lowest BCUT2D eigenvalue weighted by atomic mass is 9.94. The lowest BCUT2D eigenvalue weighted by Crippen LogP contribution is -2.25. The highest BCUT2D eigenvalue weighted by Crippen LogP contribution is 2.18. The molecule has 0 atom stereocenters. The number of hydrogen-bond donors (Lipinski definition) is 0. The number of hydrogen-bond acceptors (Lipinski definition) is 2. The number of esters is 1. The summed E-state index contributed by atoms with van der Waals surface area (Å²) < 4.78 is 5.05. The Kier molecular flexibility index (Phi) is 4.01. The van der Waals surface area contributed by atoms with Gasteiger partial charge in [0.1, 0.15) is 0 Å². The van der Waals surface area contributed by atoms with Crippen LogP contribution in [0.5, 0.6) is 0 Å². The molecule has 0 aromatic heterocycles. The van der Waals surface area contributed by atoms with Gasteiger partial charge < -0.3 is 4.74 Å². The van der Waals surface area contributed by atoms with Crippen LogP contribution < -0.4 is 0 Å². The predicted molar refractivity (Wildman–Crippen MR) is 49.8 cm³/mol. The van der Waals surface area contributed by atoms with Gasteiger partial charge >= 0.3 is 5.97 Å². The lowest BCUT2D eigenvalue weighted by Gasteiger charge is -2.18. The van der Waals surface area contributed by atoms with E-state index < -0.39 is 5.41 Å². The van der Waals surface area contributed by atoms with E-state index in [0.717, 1.165) is 0 Å². The molecule has 0 N–H and O–H groups in total. The van der Waals surface area contributed by atoms with Crippen LogP contribution in [0.2, 0.25) is 0 Å². The Balaban J connectivity index is 3.96. The molecule has 2 nitrogen and oxygen atoms in total. The molecule has 0 heterocycles. The van der Waals surface area contributed by atoms with E-state index in [1.54, 1.807) is 19.9 Å². The first-order valence-electron chi connectivity index (χ1n) is 4.21. The molecule has 0 rings (SSSR count). The van der Waals surface area contributed by atoms with Crippen LogP contribution >= 0.6 is 0 Å². The molecule has 0 saturated carbocycles. The van der Waals surface area contributed by atoms with E-state index in [9.17, 15) is 4.79 Å². The third kappa shape index (κ3) is 3.56. The standard InChI is InChI=1S/C10H18O2/c1-6-10(4,5)9(11)12-7-8(2)3/h6,8H,1,7H2,2-5H3. The van der Waals surface area contributed by atoms with Gasteiger partial charge in [-0.1, -0.05) is 19.9 Å². The van der Waals surface area contributed by atoms with Gasteiger partial charge in [0.25, 0.3) is 0 Å². The summed E-state index contributed by atoms with van der Waals surface area (Å²) >= 11 is 0. The third-order valence-corrected chi connectivity index (χ3v) is 1.58. The Morgan fingerprint density at radius 3 is 2.42 bits per heavy atom. The van der Waals surface area contributed by atoms with E-state index in [0.29, 0.717) is 12.5 Å². The molecule has 0 aliphatic rings. The first-order valence-corrected chi connectivity index (χ1v) is 4.21. The van der Waals surface area contributed by atoms with Gasteiger partial charge in [-0.3, -0.25) is 4.79 Å². The molecule has 0 saturated heterocycles. The topological polar surface area (TPSA) is 26.3 Å². The van der Waals surface area contributed by atoms with Gasteiger partial charge in [-0.15, -0.1) is 6.58 Å². The van der Waals surface area contributed by atoms with Gasteiger partial charge in [0.15, 0.2) is 0 Å². The zero-order valence-electron chi connectivity index (χ0n) is 8.39. The minimum Gasteiger partial charge on any atom is -0.465 e. The zero-order valence-corrected chi connectivity index (χ0v) is 8.39. The highest BCUT2D eigenvalue weighted by molar-refractivity contribution is 5.77. The van der Waals surface area contributed by atoms with E-state index in [1.807, 2.05) is 13.8 Å². The molecule has 0 amide bonds. The molecule has 0 spiro atoms. The summed E-state index contributed by atoms with van der Waals surface area (Å²) in [6.45, 7) is 11.7. The lowest BCUT2D eigenvalue weighted by molar-refractivity contribution is -0.152. The zero-order chi connectivity index (χ0) is 9.78. The molecule has 0 aliphatic heterocycles. The fraction of sp³-hybridized carbons (Fsp3) is 0.700. The van der Waals surface area contributed by atoms with Crippen molar-refractivity contribution in [1.29, 1.82) is 0 Å². The third-order valence-electron chi connectivity index (χ3n) is 1.58. The number of rotatable bonds is 4. The summed E-state index contributed by atoms with van der Waals surface area (Å²) in [6.07, 6.45) is 1.61. The molecule has 0 bridgehead atoms. The molecule has 0 aromatic rings. The van der Waals surface area contributed by atoms with Crippen molar-refractivity contribution in [2.75, 3.05) is 6.61 Å². The number of ether oxygens (including phenoxy) is 1. The van der Waals surface area contributed by atoms with Gasteiger partial charge in [0.2, 0.25) is 0 Å². The van der Waals surface area contributed by atoms with Crippen LogP contribution in [-0.2, 0) is 9.53 Å². The van der Waals surface area contributed by atoms with E-state index in [2.05, 4.69) is 6.58 Å². The fourth-order valence-electron chi connectivity index (χ4n) is 0.512. The Labute approximate surface area is 74.6 Å². The van der Waals surface area contributed by atoms with Gasteiger partial charge in [-0.2, -0.15) is 0 Å². The van der Waals surface area contributed by atoms with Crippen LogP contribution in [-0.4, -0.2) is 12.6 Å². The summed E-state index contributed by atoms with van der Waals surface area (Å²) in [5.74, 6) is 0.181. The van der Waals surface area contributed by atoms with Crippen LogP contribution in [0.1, 0.15) is 27.7 Å². The van der Waals surface area contributed by atoms with Crippen molar-refractivity contribution in [2.45, 2.75) is 27.7 Å². The maximum absolute atomic E-state index is 11.3. The van der Waals surface area contributed by atoms with Crippen molar-refractivity contribution in [2.24, 2.45) is 11.3 Å². The summed E-state index contributed by atoms with van der Waals surface area (Å²) in [5.41, 5.74) is -0.561. The predicted octanol–water partition coefficient (Wildman–Crippen LogP) is 2.40. The average Bonchev–Trinajstić information content (AvgIpc) is 2.00. The maximum Gasteiger partial charge on any atom is 0.315 e. The summed E-state index contributed by atoms with van der Waals surface area (Å²) in [5, 5.41) is 0. The first kappa shape index (κ1) is 11.2. The molecule has 0 fully saturated rings. The second kappa shape index (κ2) is 4.29. The Morgan fingerprint density at radius 1 is 1.58 bits per heavy atom. The highest BCUT2D eigenvalue weighted by Gasteiger charge is 2.25. The molecule has 0 unspecified atom stereocenters. The van der Waals surface area contributed by atoms with Crippen LogP contribution in [0.4, 0.5) is 0 Å². The minimum absolute atomic E-state index is 0.203. The molecule has 0 radical (unpaired) electrons. The fourth-order valence-corrected chi connectivity index (χ4v) is 0.512. The Bertz CT molecular complexity index is 169. The van der Waals surface area contributed by atoms with Crippen LogP contribution in [0.25, 0.3) is 0 Å². The second-order valence-corrected chi connectivity index (χ2v) is 3.92. The molecule has 0 aliphatic carbocycles. The Morgan fingerprint density at radius 2 is 2.08 bits per heavy atom. The number of carbonyl (C=O) groups is 1. The van der Waals surface area contributed by atoms with Crippen molar-refractivity contribution < 1.29 is 9.53 Å². The van der Waals surface area contributed by atoms with Crippen LogP contribution in [0.15, 0.2) is 12.7 Å². The van der Waals surface area contributed by atoms with Crippen LogP contribution in [0, 0.1) is 11.3 Å². The SMILES string of the molecule is C=CC(C)(C)C(=O)OCC(C)C. The van der Waals surface area contributed by atoms with Crippen molar-refractivity contribution in [3.8, 4) is 0 Å². The average molecular weight is 170 g/mol. The summed E-state index contributed by atoms with van der Waals surface area (Å²) in [7, 11) is 0. The Hall–Kier alpha value is -0.790. The maximum atomic E-state index is 11.3. The normalized spacial score (nSPS) is 11.4. The summed E-state index contributed by atoms with van der Waals surface area (Å²) in [6, 6.07) is 0. The number of carbonyl (C=O) groups excluding carboxylic acids is 1. The molecule has 0 aromatic carbocycles. The van der Waals surface area contributed by atoms with Crippen LogP contribution in [0.3, 0.4) is 0 Å². The minimum atomic E-state index is -0.561. The molecule has 2 heteroatoms. The van der Waals surface area contributed by atoms with E-state index in [-0.39, 0.29) is 5.97 Å². The molecular formula is C10H18O2. The largest absolute Gasteiger partial charge is 0.465 e. The molecular weight excluding hydrogens is 152 g/mol. The summed E-state index contributed by atoms with van der Waals surface area (Å²) in [4.78, 5) is 11.3. The van der Waals surface area contributed by atoms with Gasteiger partial charge in [-0.05, 0) is 19.8 Å². The highest BCUT2D eigenvalue weighted by atomic mass is 16.5. The second-order valence-electron chi connectivity index (χ2n) is 3.92. The first-order chi connectivity index (χ1) is 5.40. The molecule has 70 valence electrons. The van der Waals surface area contributed by atoms with Crippen molar-refractivity contribution in [1.82, 2.24) is 0 Å². The smallest absolute Gasteiger partial charge is 0.315 e. The quantitative estimate of drug-likeness (QED) is 0.478. The van der Waals surface area contributed by atoms with Crippen molar-refractivity contribution in [3.63, 3.8) is 0 Å². The van der Waals surface area contributed by atoms with Crippen molar-refractivity contribution in [3.05, 3.63) is 12.7 Å². The van der Waals surface area contributed by atoms with Gasteiger partial charge in [0, 0.05) is 0 Å².